The highest BCUT2D eigenvalue weighted by Crippen LogP contribution is 2.43. The van der Waals surface area contributed by atoms with E-state index in [1.807, 2.05) is 0 Å². The van der Waals surface area contributed by atoms with E-state index < -0.39 is 42.1 Å². The summed E-state index contributed by atoms with van der Waals surface area (Å²) in [6, 6.07) is 0. The molecular formula is C23H32O9. The van der Waals surface area contributed by atoms with Crippen molar-refractivity contribution in [2.45, 2.75) is 64.6 Å². The maximum Gasteiger partial charge on any atom is 0.508 e. The molecule has 7 unspecified atom stereocenters. The van der Waals surface area contributed by atoms with Gasteiger partial charge in [-0.2, -0.15) is 0 Å². The third kappa shape index (κ3) is 6.23. The Labute approximate surface area is 187 Å². The third-order valence-electron chi connectivity index (χ3n) is 6.48. The average molecular weight is 453 g/mol. The van der Waals surface area contributed by atoms with Crippen molar-refractivity contribution in [3.05, 3.63) is 12.2 Å². The number of rotatable bonds is 9. The number of allylic oxidation sites excluding steroid dienone is 2. The summed E-state index contributed by atoms with van der Waals surface area (Å²) in [4.78, 5) is 47.8. The Morgan fingerprint density at radius 3 is 2.12 bits per heavy atom. The maximum atomic E-state index is 12.3. The van der Waals surface area contributed by atoms with Crippen molar-refractivity contribution in [2.24, 2.45) is 29.6 Å². The molecule has 9 heteroatoms. The van der Waals surface area contributed by atoms with E-state index in [4.69, 9.17) is 18.9 Å². The van der Waals surface area contributed by atoms with Gasteiger partial charge in [0.15, 0.2) is 0 Å². The first-order valence-corrected chi connectivity index (χ1v) is 11.4. The zero-order chi connectivity index (χ0) is 23.3. The molecule has 2 fully saturated rings. The molecule has 0 saturated heterocycles. The molecule has 0 heterocycles. The molecule has 2 saturated carbocycles. The fourth-order valence-electron chi connectivity index (χ4n) is 4.80. The molecule has 3 rings (SSSR count). The predicted octanol–water partition coefficient (Wildman–Crippen LogP) is 3.11. The van der Waals surface area contributed by atoms with Gasteiger partial charge < -0.3 is 24.1 Å². The van der Waals surface area contributed by atoms with Crippen LogP contribution in [0.3, 0.4) is 0 Å². The van der Waals surface area contributed by atoms with Crippen molar-refractivity contribution in [3.63, 3.8) is 0 Å². The van der Waals surface area contributed by atoms with Crippen LogP contribution in [0.2, 0.25) is 0 Å². The lowest BCUT2D eigenvalue weighted by Crippen LogP contribution is -2.36. The summed E-state index contributed by atoms with van der Waals surface area (Å²) in [7, 11) is 0. The molecular weight excluding hydrogens is 420 g/mol. The third-order valence-corrected chi connectivity index (χ3v) is 6.48. The van der Waals surface area contributed by atoms with Crippen molar-refractivity contribution in [3.8, 4) is 0 Å². The fourth-order valence-corrected chi connectivity index (χ4v) is 4.80. The summed E-state index contributed by atoms with van der Waals surface area (Å²) in [6.45, 7) is 2.86. The number of fused-ring (bicyclic) bond motifs is 2. The molecule has 0 radical (unpaired) electrons. The smallest absolute Gasteiger partial charge is 0.481 e. The first-order chi connectivity index (χ1) is 15.2. The Morgan fingerprint density at radius 1 is 0.844 bits per heavy atom. The van der Waals surface area contributed by atoms with Gasteiger partial charge in [0.2, 0.25) is 0 Å². The van der Waals surface area contributed by atoms with Gasteiger partial charge in [-0.05, 0) is 51.4 Å². The number of carboxylic acid groups (broad SMARTS) is 1. The number of carbonyl (C=O) groups is 4. The van der Waals surface area contributed by atoms with Gasteiger partial charge >= 0.3 is 24.1 Å². The Balaban J connectivity index is 1.32. The molecule has 0 aromatic carbocycles. The summed E-state index contributed by atoms with van der Waals surface area (Å²) in [5, 5.41) is 9.29. The summed E-state index contributed by atoms with van der Waals surface area (Å²) in [6.07, 6.45) is 6.12. The normalized spacial score (nSPS) is 30.2. The molecule has 3 aliphatic carbocycles. The summed E-state index contributed by atoms with van der Waals surface area (Å²) in [5.41, 5.74) is 0. The van der Waals surface area contributed by atoms with Crippen LogP contribution in [0.5, 0.6) is 0 Å². The number of hydrogen-bond donors (Lipinski definition) is 1. The van der Waals surface area contributed by atoms with Crippen molar-refractivity contribution < 1.29 is 43.2 Å². The van der Waals surface area contributed by atoms with E-state index in [1.165, 1.54) is 0 Å². The molecule has 0 spiro atoms. The van der Waals surface area contributed by atoms with E-state index >= 15 is 0 Å². The quantitative estimate of drug-likeness (QED) is 0.319. The van der Waals surface area contributed by atoms with Gasteiger partial charge in [0, 0.05) is 0 Å². The molecule has 7 atom stereocenters. The zero-order valence-corrected chi connectivity index (χ0v) is 18.6. The van der Waals surface area contributed by atoms with Crippen LogP contribution in [0.4, 0.5) is 4.79 Å². The molecule has 1 N–H and O–H groups in total. The van der Waals surface area contributed by atoms with Gasteiger partial charge in [-0.15, -0.1) is 0 Å². The highest BCUT2D eigenvalue weighted by atomic mass is 16.7. The predicted molar refractivity (Wildman–Crippen MR) is 110 cm³/mol. The Kier molecular flexibility index (Phi) is 8.15. The molecule has 3 aliphatic rings. The molecule has 9 nitrogen and oxygen atoms in total. The second-order valence-corrected chi connectivity index (χ2v) is 9.09. The van der Waals surface area contributed by atoms with E-state index in [2.05, 4.69) is 12.2 Å². The molecule has 2 bridgehead atoms. The van der Waals surface area contributed by atoms with Crippen molar-refractivity contribution >= 4 is 24.1 Å². The Hall–Kier alpha value is -2.58. The Morgan fingerprint density at radius 2 is 1.50 bits per heavy atom. The highest BCUT2D eigenvalue weighted by molar-refractivity contribution is 5.81. The molecule has 0 aromatic heterocycles. The lowest BCUT2D eigenvalue weighted by atomic mass is 9.79. The number of esters is 2. The topological polar surface area (TPSA) is 125 Å². The van der Waals surface area contributed by atoms with Crippen molar-refractivity contribution in [1.29, 1.82) is 0 Å². The fraction of sp³-hybridized carbons (Fsp3) is 0.739. The molecule has 178 valence electrons. The van der Waals surface area contributed by atoms with Gasteiger partial charge in [0.1, 0.15) is 25.4 Å². The zero-order valence-electron chi connectivity index (χ0n) is 18.6. The number of carboxylic acids is 1. The van der Waals surface area contributed by atoms with Crippen LogP contribution >= 0.6 is 0 Å². The summed E-state index contributed by atoms with van der Waals surface area (Å²) in [5.74, 6) is -2.69. The highest BCUT2D eigenvalue weighted by Gasteiger charge is 2.41. The molecule has 0 amide bonds. The van der Waals surface area contributed by atoms with Crippen LogP contribution < -0.4 is 0 Å². The van der Waals surface area contributed by atoms with Gasteiger partial charge in [0.05, 0.1) is 17.8 Å². The van der Waals surface area contributed by atoms with Gasteiger partial charge in [-0.25, -0.2) is 4.79 Å². The van der Waals surface area contributed by atoms with Crippen molar-refractivity contribution in [1.82, 2.24) is 0 Å². The number of aliphatic carboxylic acids is 1. The monoisotopic (exact) mass is 452 g/mol. The standard InChI is InChI=1S/C23H32O9/c1-13(31-22(27)18-6-4-3-5-17(18)20(24)25)12-30-23(28)32-14(2)11-29-21(26)19-10-15-7-8-16(19)9-15/h7-8,13-19H,3-6,9-12H2,1-2H3,(H,24,25). The second kappa shape index (κ2) is 10.8. The van der Waals surface area contributed by atoms with E-state index in [9.17, 15) is 24.3 Å². The van der Waals surface area contributed by atoms with Gasteiger partial charge in [-0.1, -0.05) is 25.0 Å². The number of ether oxygens (including phenoxy) is 4. The SMILES string of the molecule is CC(COC(=O)C1CC2C=CC1C2)OC(=O)OCC(C)OC(=O)C1CCCCC1C(=O)O. The van der Waals surface area contributed by atoms with E-state index in [0.29, 0.717) is 18.8 Å². The largest absolute Gasteiger partial charge is 0.508 e. The first kappa shape index (κ1) is 24.1. The van der Waals surface area contributed by atoms with Crippen LogP contribution in [0.25, 0.3) is 0 Å². The molecule has 32 heavy (non-hydrogen) atoms. The van der Waals surface area contributed by atoms with Crippen LogP contribution in [-0.4, -0.2) is 54.6 Å². The average Bonchev–Trinajstić information content (AvgIpc) is 3.40. The second-order valence-electron chi connectivity index (χ2n) is 9.09. The number of hydrogen-bond acceptors (Lipinski definition) is 8. The van der Waals surface area contributed by atoms with E-state index in [1.54, 1.807) is 13.8 Å². The Bertz CT molecular complexity index is 746. The minimum absolute atomic E-state index is 0.0612. The van der Waals surface area contributed by atoms with E-state index in [0.717, 1.165) is 25.7 Å². The number of carbonyl (C=O) groups excluding carboxylic acids is 3. The van der Waals surface area contributed by atoms with Crippen LogP contribution in [0.1, 0.15) is 52.4 Å². The van der Waals surface area contributed by atoms with E-state index in [-0.39, 0.29) is 31.0 Å². The van der Waals surface area contributed by atoms with Gasteiger partial charge in [-0.3, -0.25) is 14.4 Å². The maximum absolute atomic E-state index is 12.3. The van der Waals surface area contributed by atoms with Crippen LogP contribution in [-0.2, 0) is 33.3 Å². The van der Waals surface area contributed by atoms with Crippen LogP contribution in [0, 0.1) is 29.6 Å². The first-order valence-electron chi connectivity index (χ1n) is 11.4. The summed E-state index contributed by atoms with van der Waals surface area (Å²) < 4.78 is 20.6. The minimum Gasteiger partial charge on any atom is -0.481 e. The lowest BCUT2D eigenvalue weighted by Gasteiger charge is -2.27. The minimum atomic E-state index is -0.995. The lowest BCUT2D eigenvalue weighted by molar-refractivity contribution is -0.164. The van der Waals surface area contributed by atoms with Crippen LogP contribution in [0.15, 0.2) is 12.2 Å². The van der Waals surface area contributed by atoms with Gasteiger partial charge in [0.25, 0.3) is 0 Å². The van der Waals surface area contributed by atoms with Crippen molar-refractivity contribution in [2.75, 3.05) is 13.2 Å². The molecule has 0 aliphatic heterocycles. The molecule has 0 aromatic rings. The summed E-state index contributed by atoms with van der Waals surface area (Å²) >= 11 is 0.